The van der Waals surface area contributed by atoms with Gasteiger partial charge < -0.3 is 14.9 Å². The summed E-state index contributed by atoms with van der Waals surface area (Å²) in [5.74, 6) is -1.09. The fourth-order valence-electron chi connectivity index (χ4n) is 0.902. The van der Waals surface area contributed by atoms with E-state index in [1.54, 1.807) is 12.1 Å². The van der Waals surface area contributed by atoms with Crippen LogP contribution >= 0.6 is 0 Å². The summed E-state index contributed by atoms with van der Waals surface area (Å²) in [7, 11) is 0. The molecule has 0 aliphatic heterocycles. The van der Waals surface area contributed by atoms with Gasteiger partial charge in [-0.15, -0.1) is 0 Å². The second-order valence-corrected chi connectivity index (χ2v) is 2.60. The molecule has 0 aliphatic rings. The highest BCUT2D eigenvalue weighted by atomic mass is 16.5. The van der Waals surface area contributed by atoms with E-state index in [9.17, 15) is 9.90 Å². The van der Waals surface area contributed by atoms with E-state index in [0.717, 1.165) is 6.08 Å². The third kappa shape index (κ3) is 2.26. The van der Waals surface area contributed by atoms with E-state index in [1.165, 1.54) is 6.07 Å². The van der Waals surface area contributed by atoms with Crippen molar-refractivity contribution in [3.8, 4) is 11.5 Å². The summed E-state index contributed by atoms with van der Waals surface area (Å²) in [6, 6.07) is 4.44. The van der Waals surface area contributed by atoms with Crippen LogP contribution in [0.1, 0.15) is 5.56 Å². The lowest BCUT2D eigenvalue weighted by molar-refractivity contribution is -0.139. The Kier molecular flexibility index (Phi) is 3.12. The van der Waals surface area contributed by atoms with E-state index in [4.69, 9.17) is 5.11 Å². The normalized spacial score (nSPS) is 9.43. The first-order valence-electron chi connectivity index (χ1n) is 3.94. The standard InChI is InChI=1S/C10H10O4/c1-2-9(12)14-6-7-4-3-5-8(11)10(7)13/h2-5,11,13H,1,6H2. The van der Waals surface area contributed by atoms with Gasteiger partial charge in [0, 0.05) is 11.6 Å². The molecule has 0 radical (unpaired) electrons. The molecular formula is C10H10O4. The van der Waals surface area contributed by atoms with Crippen molar-refractivity contribution in [3.63, 3.8) is 0 Å². The Morgan fingerprint density at radius 1 is 1.50 bits per heavy atom. The fourth-order valence-corrected chi connectivity index (χ4v) is 0.902. The topological polar surface area (TPSA) is 66.8 Å². The van der Waals surface area contributed by atoms with Crippen molar-refractivity contribution in [2.24, 2.45) is 0 Å². The molecule has 74 valence electrons. The summed E-state index contributed by atoms with van der Waals surface area (Å²) >= 11 is 0. The number of carbonyl (C=O) groups is 1. The molecule has 0 heterocycles. The minimum atomic E-state index is -0.576. The first-order valence-corrected chi connectivity index (χ1v) is 3.94. The highest BCUT2D eigenvalue weighted by molar-refractivity contribution is 5.81. The molecule has 1 aromatic carbocycles. The van der Waals surface area contributed by atoms with Crippen LogP contribution in [0.5, 0.6) is 11.5 Å². The van der Waals surface area contributed by atoms with Gasteiger partial charge in [0.2, 0.25) is 0 Å². The van der Waals surface area contributed by atoms with E-state index < -0.39 is 5.97 Å². The van der Waals surface area contributed by atoms with Crippen molar-refractivity contribution >= 4 is 5.97 Å². The minimum absolute atomic E-state index is 0.0922. The molecule has 1 rings (SSSR count). The number of aromatic hydroxyl groups is 2. The summed E-state index contributed by atoms with van der Waals surface area (Å²) < 4.78 is 4.68. The van der Waals surface area contributed by atoms with Gasteiger partial charge in [0.05, 0.1) is 0 Å². The highest BCUT2D eigenvalue weighted by Gasteiger charge is 2.06. The Balaban J connectivity index is 2.72. The number of phenols is 2. The molecule has 14 heavy (non-hydrogen) atoms. The summed E-state index contributed by atoms with van der Waals surface area (Å²) in [5.41, 5.74) is 0.347. The number of carbonyl (C=O) groups excluding carboxylic acids is 1. The quantitative estimate of drug-likeness (QED) is 0.432. The molecule has 0 atom stereocenters. The Labute approximate surface area is 81.1 Å². The van der Waals surface area contributed by atoms with Gasteiger partial charge in [-0.1, -0.05) is 18.7 Å². The second-order valence-electron chi connectivity index (χ2n) is 2.60. The number of hydrogen-bond donors (Lipinski definition) is 2. The first kappa shape index (κ1) is 10.1. The van der Waals surface area contributed by atoms with Gasteiger partial charge in [0.15, 0.2) is 11.5 Å². The number of ether oxygens (including phenoxy) is 1. The molecule has 4 heteroatoms. The van der Waals surface area contributed by atoms with E-state index in [-0.39, 0.29) is 18.1 Å². The average Bonchev–Trinajstić information content (AvgIpc) is 2.20. The van der Waals surface area contributed by atoms with Crippen LogP contribution in [0.2, 0.25) is 0 Å². The molecule has 0 unspecified atom stereocenters. The van der Waals surface area contributed by atoms with Gasteiger partial charge in [-0.3, -0.25) is 0 Å². The summed E-state index contributed by atoms with van der Waals surface area (Å²) in [4.78, 5) is 10.7. The Morgan fingerprint density at radius 2 is 2.21 bits per heavy atom. The van der Waals surface area contributed by atoms with E-state index >= 15 is 0 Å². The van der Waals surface area contributed by atoms with E-state index in [2.05, 4.69) is 11.3 Å². The molecule has 4 nitrogen and oxygen atoms in total. The molecule has 2 N–H and O–H groups in total. The van der Waals surface area contributed by atoms with Gasteiger partial charge in [-0.2, -0.15) is 0 Å². The fraction of sp³-hybridized carbons (Fsp3) is 0.100. The Bertz CT molecular complexity index is 357. The zero-order valence-corrected chi connectivity index (χ0v) is 7.43. The van der Waals surface area contributed by atoms with Crippen molar-refractivity contribution in [1.29, 1.82) is 0 Å². The zero-order valence-electron chi connectivity index (χ0n) is 7.43. The zero-order chi connectivity index (χ0) is 10.6. The Morgan fingerprint density at radius 3 is 2.86 bits per heavy atom. The monoisotopic (exact) mass is 194 g/mol. The van der Waals surface area contributed by atoms with Gasteiger partial charge in [-0.05, 0) is 6.07 Å². The van der Waals surface area contributed by atoms with Crippen LogP contribution < -0.4 is 0 Å². The van der Waals surface area contributed by atoms with E-state index in [1.807, 2.05) is 0 Å². The first-order chi connectivity index (χ1) is 6.65. The molecular weight excluding hydrogens is 184 g/mol. The van der Waals surface area contributed by atoms with Crippen LogP contribution in [-0.2, 0) is 16.1 Å². The molecule has 0 aromatic heterocycles. The molecule has 0 amide bonds. The SMILES string of the molecule is C=CC(=O)OCc1cccc(O)c1O. The van der Waals surface area contributed by atoms with Crippen molar-refractivity contribution in [2.45, 2.75) is 6.61 Å². The van der Waals surface area contributed by atoms with Crippen LogP contribution in [0.15, 0.2) is 30.9 Å². The summed E-state index contributed by atoms with van der Waals surface area (Å²) in [6.45, 7) is 3.13. The smallest absolute Gasteiger partial charge is 0.330 e. The van der Waals surface area contributed by atoms with Crippen molar-refractivity contribution in [3.05, 3.63) is 36.4 Å². The van der Waals surface area contributed by atoms with Gasteiger partial charge in [-0.25, -0.2) is 4.79 Å². The number of rotatable bonds is 3. The molecule has 0 saturated heterocycles. The summed E-state index contributed by atoms with van der Waals surface area (Å²) in [5, 5.41) is 18.4. The lowest BCUT2D eigenvalue weighted by Gasteiger charge is -2.05. The second kappa shape index (κ2) is 4.32. The number of phenolic OH excluding ortho intramolecular Hbond substituents is 2. The maximum atomic E-state index is 10.7. The van der Waals surface area contributed by atoms with Crippen molar-refractivity contribution in [1.82, 2.24) is 0 Å². The maximum Gasteiger partial charge on any atom is 0.330 e. The van der Waals surface area contributed by atoms with Crippen molar-refractivity contribution < 1.29 is 19.7 Å². The molecule has 1 aromatic rings. The Hall–Kier alpha value is -1.97. The van der Waals surface area contributed by atoms with Gasteiger partial charge >= 0.3 is 5.97 Å². The molecule has 0 fully saturated rings. The van der Waals surface area contributed by atoms with Crippen LogP contribution in [0.4, 0.5) is 0 Å². The predicted octanol–water partition coefficient (Wildman–Crippen LogP) is 1.33. The van der Waals surface area contributed by atoms with Gasteiger partial charge in [0.1, 0.15) is 6.61 Å². The molecule has 0 saturated carbocycles. The van der Waals surface area contributed by atoms with Crippen LogP contribution in [0.3, 0.4) is 0 Å². The largest absolute Gasteiger partial charge is 0.504 e. The third-order valence-electron chi connectivity index (χ3n) is 1.63. The minimum Gasteiger partial charge on any atom is -0.504 e. The van der Waals surface area contributed by atoms with Crippen LogP contribution in [0.25, 0.3) is 0 Å². The lowest BCUT2D eigenvalue weighted by atomic mass is 10.2. The average molecular weight is 194 g/mol. The summed E-state index contributed by atoms with van der Waals surface area (Å²) in [6.07, 6.45) is 1.03. The van der Waals surface area contributed by atoms with Crippen LogP contribution in [-0.4, -0.2) is 16.2 Å². The van der Waals surface area contributed by atoms with E-state index in [0.29, 0.717) is 5.56 Å². The predicted molar refractivity (Wildman–Crippen MR) is 49.8 cm³/mol. The number of esters is 1. The molecule has 0 bridgehead atoms. The molecule has 0 aliphatic carbocycles. The number of hydrogen-bond acceptors (Lipinski definition) is 4. The number of para-hydroxylation sites is 1. The lowest BCUT2D eigenvalue weighted by Crippen LogP contribution is -2.00. The third-order valence-corrected chi connectivity index (χ3v) is 1.63. The molecule has 0 spiro atoms. The highest BCUT2D eigenvalue weighted by Crippen LogP contribution is 2.28. The van der Waals surface area contributed by atoms with Crippen LogP contribution in [0, 0.1) is 0 Å². The van der Waals surface area contributed by atoms with Crippen molar-refractivity contribution in [2.75, 3.05) is 0 Å². The number of benzene rings is 1. The van der Waals surface area contributed by atoms with Gasteiger partial charge in [0.25, 0.3) is 0 Å². The maximum absolute atomic E-state index is 10.7.